The lowest BCUT2D eigenvalue weighted by molar-refractivity contribution is 0.521. The molecule has 1 atom stereocenters. The number of nitrogens with two attached hydrogens (primary N) is 1. The molecule has 5 heteroatoms. The Morgan fingerprint density at radius 2 is 1.56 bits per heavy atom. The van der Waals surface area contributed by atoms with E-state index in [1.165, 1.54) is 0 Å². The molecule has 2 aromatic rings. The lowest BCUT2D eigenvalue weighted by Gasteiger charge is -2.32. The predicted molar refractivity (Wildman–Crippen MR) is 93.3 cm³/mol. The maximum absolute atomic E-state index is 9.84. The summed E-state index contributed by atoms with van der Waals surface area (Å²) in [6, 6.07) is 22.2. The average molecular weight is 325 g/mol. The van der Waals surface area contributed by atoms with Gasteiger partial charge in [-0.3, -0.25) is 0 Å². The molecule has 1 aliphatic rings. The first-order valence-electron chi connectivity index (χ1n) is 7.72. The Morgan fingerprint density at radius 3 is 2.08 bits per heavy atom. The van der Waals surface area contributed by atoms with Gasteiger partial charge in [0.1, 0.15) is 17.5 Å². The summed E-state index contributed by atoms with van der Waals surface area (Å²) in [6.45, 7) is 1.97. The van der Waals surface area contributed by atoms with E-state index in [1.54, 1.807) is 4.90 Å². The molecule has 0 radical (unpaired) electrons. The summed E-state index contributed by atoms with van der Waals surface area (Å²) >= 11 is 0. The van der Waals surface area contributed by atoms with Crippen molar-refractivity contribution in [1.82, 2.24) is 0 Å². The number of anilines is 1. The first kappa shape index (κ1) is 16.1. The Bertz CT molecular complexity index is 938. The number of rotatable bonds is 2. The van der Waals surface area contributed by atoms with Crippen molar-refractivity contribution in [3.8, 4) is 18.2 Å². The third kappa shape index (κ3) is 2.29. The zero-order valence-corrected chi connectivity index (χ0v) is 13.6. The van der Waals surface area contributed by atoms with E-state index < -0.39 is 11.5 Å². The smallest absolute Gasteiger partial charge is 0.206 e. The van der Waals surface area contributed by atoms with Crippen LogP contribution in [-0.2, 0) is 0 Å². The predicted octanol–water partition coefficient (Wildman–Crippen LogP) is 3.28. The third-order valence-electron chi connectivity index (χ3n) is 4.47. The minimum atomic E-state index is -1.66. The van der Waals surface area contributed by atoms with Crippen LogP contribution < -0.4 is 10.6 Å². The standard InChI is InChI=1S/C20H15N5/c1-14-7-9-16(10-8-14)25-18(15-5-3-2-4-6-15)20(12-22,13-23)17(11-21)19(25)24/h2-10,18H,24H2,1H3/t18-/m1/s1. The summed E-state index contributed by atoms with van der Waals surface area (Å²) in [5.74, 6) is 0.142. The van der Waals surface area contributed by atoms with Crippen LogP contribution in [0, 0.1) is 46.3 Å². The zero-order valence-electron chi connectivity index (χ0n) is 13.6. The third-order valence-corrected chi connectivity index (χ3v) is 4.47. The Labute approximate surface area is 146 Å². The van der Waals surface area contributed by atoms with E-state index >= 15 is 0 Å². The molecule has 0 bridgehead atoms. The van der Waals surface area contributed by atoms with Crippen molar-refractivity contribution in [3.63, 3.8) is 0 Å². The molecule has 3 rings (SSSR count). The Balaban J connectivity index is 2.30. The Hall–Kier alpha value is -3.75. The number of aryl methyl sites for hydroxylation is 1. The minimum Gasteiger partial charge on any atom is -0.384 e. The van der Waals surface area contributed by atoms with E-state index in [4.69, 9.17) is 5.73 Å². The lowest BCUT2D eigenvalue weighted by atomic mass is 9.76. The normalized spacial score (nSPS) is 18.3. The van der Waals surface area contributed by atoms with Gasteiger partial charge in [0, 0.05) is 5.69 Å². The van der Waals surface area contributed by atoms with E-state index in [-0.39, 0.29) is 11.4 Å². The molecule has 0 fully saturated rings. The van der Waals surface area contributed by atoms with Crippen LogP contribution in [0.3, 0.4) is 0 Å². The van der Waals surface area contributed by atoms with Gasteiger partial charge in [-0.1, -0.05) is 48.0 Å². The summed E-state index contributed by atoms with van der Waals surface area (Å²) < 4.78 is 0. The summed E-state index contributed by atoms with van der Waals surface area (Å²) in [4.78, 5) is 1.71. The molecule has 25 heavy (non-hydrogen) atoms. The van der Waals surface area contributed by atoms with Gasteiger partial charge in [0.25, 0.3) is 0 Å². The summed E-state index contributed by atoms with van der Waals surface area (Å²) in [7, 11) is 0. The van der Waals surface area contributed by atoms with E-state index in [9.17, 15) is 15.8 Å². The van der Waals surface area contributed by atoms with Crippen LogP contribution in [0.4, 0.5) is 5.69 Å². The highest BCUT2D eigenvalue weighted by Crippen LogP contribution is 2.52. The second kappa shape index (κ2) is 6.04. The molecule has 5 nitrogen and oxygen atoms in total. The number of hydrogen-bond donors (Lipinski definition) is 1. The summed E-state index contributed by atoms with van der Waals surface area (Å²) in [5.41, 5.74) is 7.13. The van der Waals surface area contributed by atoms with Crippen LogP contribution in [0.25, 0.3) is 0 Å². The molecular weight excluding hydrogens is 310 g/mol. The number of nitrogens with zero attached hydrogens (tertiary/aromatic N) is 4. The summed E-state index contributed by atoms with van der Waals surface area (Å²) in [6.07, 6.45) is 0. The van der Waals surface area contributed by atoms with Crippen molar-refractivity contribution in [2.75, 3.05) is 4.90 Å². The zero-order chi connectivity index (χ0) is 18.0. The van der Waals surface area contributed by atoms with Crippen molar-refractivity contribution in [3.05, 3.63) is 77.1 Å². The molecule has 0 saturated carbocycles. The largest absolute Gasteiger partial charge is 0.384 e. The van der Waals surface area contributed by atoms with Crippen LogP contribution in [0.5, 0.6) is 0 Å². The van der Waals surface area contributed by atoms with Crippen LogP contribution in [0.2, 0.25) is 0 Å². The minimum absolute atomic E-state index is 0.00747. The van der Waals surface area contributed by atoms with Gasteiger partial charge in [-0.05, 0) is 24.6 Å². The molecule has 1 aliphatic heterocycles. The topological polar surface area (TPSA) is 101 Å². The van der Waals surface area contributed by atoms with Gasteiger partial charge in [-0.2, -0.15) is 15.8 Å². The molecule has 0 unspecified atom stereocenters. The fourth-order valence-corrected chi connectivity index (χ4v) is 3.22. The molecular formula is C20H15N5. The van der Waals surface area contributed by atoms with Crippen LogP contribution in [0.1, 0.15) is 17.2 Å². The highest BCUT2D eigenvalue weighted by molar-refractivity contribution is 5.67. The molecule has 0 saturated heterocycles. The fraction of sp³-hybridized carbons (Fsp3) is 0.150. The fourth-order valence-electron chi connectivity index (χ4n) is 3.22. The number of hydrogen-bond acceptors (Lipinski definition) is 5. The van der Waals surface area contributed by atoms with Crippen LogP contribution in [0.15, 0.2) is 66.0 Å². The SMILES string of the molecule is Cc1ccc(N2C(N)=C(C#N)C(C#N)(C#N)[C@H]2c2ccccc2)cc1. The van der Waals surface area contributed by atoms with Gasteiger partial charge in [0.2, 0.25) is 5.41 Å². The molecule has 2 N–H and O–H groups in total. The molecule has 0 spiro atoms. The number of benzene rings is 2. The van der Waals surface area contributed by atoms with Crippen molar-refractivity contribution >= 4 is 5.69 Å². The first-order chi connectivity index (χ1) is 12.1. The van der Waals surface area contributed by atoms with Crippen molar-refractivity contribution in [1.29, 1.82) is 15.8 Å². The van der Waals surface area contributed by atoms with Gasteiger partial charge in [-0.25, -0.2) is 0 Å². The van der Waals surface area contributed by atoms with E-state index in [2.05, 4.69) is 12.1 Å². The molecule has 1 heterocycles. The van der Waals surface area contributed by atoms with Crippen molar-refractivity contribution in [2.45, 2.75) is 13.0 Å². The van der Waals surface area contributed by atoms with Crippen molar-refractivity contribution in [2.24, 2.45) is 11.1 Å². The van der Waals surface area contributed by atoms with Crippen LogP contribution in [-0.4, -0.2) is 0 Å². The highest BCUT2D eigenvalue weighted by Gasteiger charge is 2.55. The van der Waals surface area contributed by atoms with E-state index in [0.29, 0.717) is 0 Å². The van der Waals surface area contributed by atoms with Gasteiger partial charge < -0.3 is 10.6 Å². The van der Waals surface area contributed by atoms with Gasteiger partial charge in [-0.15, -0.1) is 0 Å². The Morgan fingerprint density at radius 1 is 0.960 bits per heavy atom. The molecule has 2 aromatic carbocycles. The maximum Gasteiger partial charge on any atom is 0.206 e. The molecule has 0 aromatic heterocycles. The van der Waals surface area contributed by atoms with Gasteiger partial charge >= 0.3 is 0 Å². The molecule has 0 aliphatic carbocycles. The number of nitriles is 3. The highest BCUT2D eigenvalue weighted by atomic mass is 15.3. The van der Waals surface area contributed by atoms with E-state index in [1.807, 2.05) is 67.6 Å². The van der Waals surface area contributed by atoms with Crippen LogP contribution >= 0.6 is 0 Å². The molecule has 120 valence electrons. The van der Waals surface area contributed by atoms with E-state index in [0.717, 1.165) is 16.8 Å². The quantitative estimate of drug-likeness (QED) is 0.913. The molecule has 0 amide bonds. The van der Waals surface area contributed by atoms with Gasteiger partial charge in [0.15, 0.2) is 0 Å². The first-order valence-corrected chi connectivity index (χ1v) is 7.72. The second-order valence-corrected chi connectivity index (χ2v) is 5.92. The lowest BCUT2D eigenvalue weighted by Crippen LogP contribution is -2.34. The summed E-state index contributed by atoms with van der Waals surface area (Å²) in [5, 5.41) is 29.3. The maximum atomic E-state index is 9.84. The Kier molecular flexibility index (Phi) is 3.89. The second-order valence-electron chi connectivity index (χ2n) is 5.92. The average Bonchev–Trinajstić information content (AvgIpc) is 2.91. The monoisotopic (exact) mass is 325 g/mol. The van der Waals surface area contributed by atoms with Gasteiger partial charge in [0.05, 0.1) is 18.2 Å². The van der Waals surface area contributed by atoms with Crippen molar-refractivity contribution < 1.29 is 0 Å².